The van der Waals surface area contributed by atoms with Crippen LogP contribution in [0.3, 0.4) is 0 Å². The Bertz CT molecular complexity index is 708. The molecule has 0 radical (unpaired) electrons. The van der Waals surface area contributed by atoms with E-state index in [1.807, 2.05) is 13.0 Å². The maximum absolute atomic E-state index is 6.05. The fourth-order valence-electron chi connectivity index (χ4n) is 2.28. The summed E-state index contributed by atoms with van der Waals surface area (Å²) < 4.78 is 6.51. The number of hydrogen-bond acceptors (Lipinski definition) is 5. The van der Waals surface area contributed by atoms with Gasteiger partial charge in [0.15, 0.2) is 0 Å². The molecule has 0 spiro atoms. The summed E-state index contributed by atoms with van der Waals surface area (Å²) >= 11 is 1.32. The predicted octanol–water partition coefficient (Wildman–Crippen LogP) is 2.86. The van der Waals surface area contributed by atoms with E-state index in [0.29, 0.717) is 0 Å². The molecule has 0 saturated carbocycles. The minimum atomic E-state index is 0.720. The van der Waals surface area contributed by atoms with Gasteiger partial charge in [-0.25, -0.2) is 4.98 Å². The second-order valence-corrected chi connectivity index (χ2v) is 5.26. The van der Waals surface area contributed by atoms with E-state index in [2.05, 4.69) is 25.8 Å². The molecule has 0 aliphatic heterocycles. The predicted molar refractivity (Wildman–Crippen MR) is 78.1 cm³/mol. The van der Waals surface area contributed by atoms with Crippen LogP contribution in [0, 0.1) is 6.92 Å². The fourth-order valence-corrected chi connectivity index (χ4v) is 2.94. The first-order valence-electron chi connectivity index (χ1n) is 6.24. The molecule has 19 heavy (non-hydrogen) atoms. The quantitative estimate of drug-likeness (QED) is 0.796. The molecule has 3 aromatic heterocycles. The summed E-state index contributed by atoms with van der Waals surface area (Å²) in [4.78, 5) is 8.82. The van der Waals surface area contributed by atoms with Crippen LogP contribution in [0.15, 0.2) is 18.5 Å². The number of nitrogens with zero attached hydrogens (tertiary/aromatic N) is 4. The van der Waals surface area contributed by atoms with Gasteiger partial charge >= 0.3 is 0 Å². The largest absolute Gasteiger partial charge is 0.389 e. The van der Waals surface area contributed by atoms with Gasteiger partial charge in [0.05, 0.1) is 23.0 Å². The van der Waals surface area contributed by atoms with Crippen LogP contribution in [0.5, 0.6) is 0 Å². The number of hydrogen-bond donors (Lipinski definition) is 1. The van der Waals surface area contributed by atoms with Crippen molar-refractivity contribution < 1.29 is 0 Å². The second-order valence-electron chi connectivity index (χ2n) is 4.46. The van der Waals surface area contributed by atoms with Crippen molar-refractivity contribution in [3.63, 3.8) is 0 Å². The third-order valence-electron chi connectivity index (χ3n) is 3.11. The summed E-state index contributed by atoms with van der Waals surface area (Å²) in [5.41, 5.74) is 9.93. The maximum Gasteiger partial charge on any atom is 0.146 e. The molecule has 0 bridgehead atoms. The highest BCUT2D eigenvalue weighted by atomic mass is 32.1. The number of aryl methyl sites for hydroxylation is 2. The van der Waals surface area contributed by atoms with Crippen molar-refractivity contribution in [2.75, 3.05) is 5.73 Å². The van der Waals surface area contributed by atoms with Crippen molar-refractivity contribution in [3.8, 4) is 11.4 Å². The molecule has 6 heteroatoms. The Labute approximate surface area is 115 Å². The smallest absolute Gasteiger partial charge is 0.146 e. The molecule has 0 saturated heterocycles. The molecule has 5 nitrogen and oxygen atoms in total. The van der Waals surface area contributed by atoms with E-state index in [1.165, 1.54) is 11.5 Å². The Morgan fingerprint density at radius 2 is 2.26 bits per heavy atom. The van der Waals surface area contributed by atoms with Crippen molar-refractivity contribution in [1.82, 2.24) is 18.9 Å². The monoisotopic (exact) mass is 273 g/mol. The van der Waals surface area contributed by atoms with E-state index >= 15 is 0 Å². The van der Waals surface area contributed by atoms with Gasteiger partial charge in [-0.2, -0.15) is 4.37 Å². The van der Waals surface area contributed by atoms with Gasteiger partial charge in [0.1, 0.15) is 16.3 Å². The van der Waals surface area contributed by atoms with Gasteiger partial charge in [0.25, 0.3) is 0 Å². The zero-order valence-electron chi connectivity index (χ0n) is 10.9. The fraction of sp³-hybridized carbons (Fsp3) is 0.308. The van der Waals surface area contributed by atoms with Crippen LogP contribution < -0.4 is 5.73 Å². The van der Waals surface area contributed by atoms with Crippen molar-refractivity contribution in [3.05, 3.63) is 24.2 Å². The normalized spacial score (nSPS) is 11.3. The minimum Gasteiger partial charge on any atom is -0.389 e. The van der Waals surface area contributed by atoms with Crippen LogP contribution >= 0.6 is 11.5 Å². The Hall–Kier alpha value is -1.95. The molecule has 98 valence electrons. The Morgan fingerprint density at radius 1 is 1.42 bits per heavy atom. The van der Waals surface area contributed by atoms with E-state index in [9.17, 15) is 0 Å². The average Bonchev–Trinajstić information content (AvgIpc) is 2.92. The first kappa shape index (κ1) is 12.1. The lowest BCUT2D eigenvalue weighted by Crippen LogP contribution is -2.01. The van der Waals surface area contributed by atoms with Crippen molar-refractivity contribution in [1.29, 1.82) is 0 Å². The van der Waals surface area contributed by atoms with Gasteiger partial charge in [0.2, 0.25) is 0 Å². The Morgan fingerprint density at radius 3 is 2.95 bits per heavy atom. The third kappa shape index (κ3) is 1.88. The Balaban J connectivity index is 2.31. The number of aromatic nitrogens is 4. The second kappa shape index (κ2) is 4.62. The molecule has 0 amide bonds. The van der Waals surface area contributed by atoms with Gasteiger partial charge < -0.3 is 10.3 Å². The van der Waals surface area contributed by atoms with E-state index < -0.39 is 0 Å². The van der Waals surface area contributed by atoms with E-state index in [-0.39, 0.29) is 0 Å². The van der Waals surface area contributed by atoms with Crippen LogP contribution in [-0.4, -0.2) is 18.9 Å². The number of anilines is 1. The molecule has 3 rings (SSSR count). The van der Waals surface area contributed by atoms with Crippen molar-refractivity contribution in [2.24, 2.45) is 0 Å². The molecule has 0 aliphatic rings. The zero-order valence-corrected chi connectivity index (χ0v) is 11.7. The SMILES string of the molecule is CCCn1c(-c2c(C)nsc2N)nc2cnccc21. The first-order chi connectivity index (χ1) is 9.22. The number of nitrogen functional groups attached to an aromatic ring is 1. The molecule has 0 unspecified atom stereocenters. The standard InChI is InChI=1S/C13H15N5S/c1-3-6-18-10-4-5-15-7-9(10)16-13(18)11-8(2)17-19-12(11)14/h4-5,7H,3,6,14H2,1-2H3. The van der Waals surface area contributed by atoms with E-state index in [1.54, 1.807) is 12.4 Å². The summed E-state index contributed by atoms with van der Waals surface area (Å²) in [7, 11) is 0. The molecule has 3 heterocycles. The molecule has 0 atom stereocenters. The summed E-state index contributed by atoms with van der Waals surface area (Å²) in [6.45, 7) is 5.03. The number of imidazole rings is 1. The summed E-state index contributed by atoms with van der Waals surface area (Å²) in [5.74, 6) is 0.897. The lowest BCUT2D eigenvalue weighted by molar-refractivity contribution is 0.704. The van der Waals surface area contributed by atoms with Crippen LogP contribution in [0.25, 0.3) is 22.4 Å². The van der Waals surface area contributed by atoms with Gasteiger partial charge in [-0.1, -0.05) is 6.92 Å². The minimum absolute atomic E-state index is 0.720. The molecule has 0 aliphatic carbocycles. The maximum atomic E-state index is 6.05. The summed E-state index contributed by atoms with van der Waals surface area (Å²) in [6, 6.07) is 1.99. The highest BCUT2D eigenvalue weighted by Crippen LogP contribution is 2.33. The van der Waals surface area contributed by atoms with E-state index in [4.69, 9.17) is 5.73 Å². The number of nitrogens with two attached hydrogens (primary N) is 1. The summed E-state index contributed by atoms with van der Waals surface area (Å²) in [5, 5.41) is 0.720. The van der Waals surface area contributed by atoms with Crippen molar-refractivity contribution in [2.45, 2.75) is 26.8 Å². The molecule has 2 N–H and O–H groups in total. The molecular formula is C13H15N5S. The molecule has 0 aromatic carbocycles. The van der Waals surface area contributed by atoms with Crippen LogP contribution in [0.2, 0.25) is 0 Å². The van der Waals surface area contributed by atoms with Crippen LogP contribution in [0.4, 0.5) is 5.00 Å². The van der Waals surface area contributed by atoms with Crippen LogP contribution in [-0.2, 0) is 6.54 Å². The highest BCUT2D eigenvalue weighted by molar-refractivity contribution is 7.10. The first-order valence-corrected chi connectivity index (χ1v) is 7.02. The number of pyridine rings is 1. The van der Waals surface area contributed by atoms with Gasteiger partial charge in [-0.3, -0.25) is 4.98 Å². The molecule has 3 aromatic rings. The molecule has 0 fully saturated rings. The topological polar surface area (TPSA) is 69.6 Å². The zero-order chi connectivity index (χ0) is 13.4. The summed E-state index contributed by atoms with van der Waals surface area (Å²) in [6.07, 6.45) is 4.62. The van der Waals surface area contributed by atoms with Gasteiger partial charge in [-0.15, -0.1) is 0 Å². The Kier molecular flexibility index (Phi) is 2.94. The lowest BCUT2D eigenvalue weighted by Gasteiger charge is -2.07. The average molecular weight is 273 g/mol. The number of fused-ring (bicyclic) bond motifs is 1. The van der Waals surface area contributed by atoms with E-state index in [0.717, 1.165) is 46.1 Å². The third-order valence-corrected chi connectivity index (χ3v) is 3.88. The number of rotatable bonds is 3. The van der Waals surface area contributed by atoms with Gasteiger partial charge in [-0.05, 0) is 30.9 Å². The van der Waals surface area contributed by atoms with Crippen LogP contribution in [0.1, 0.15) is 19.0 Å². The van der Waals surface area contributed by atoms with Gasteiger partial charge in [0, 0.05) is 12.7 Å². The lowest BCUT2D eigenvalue weighted by atomic mass is 10.2. The highest BCUT2D eigenvalue weighted by Gasteiger charge is 2.18. The molecular weight excluding hydrogens is 258 g/mol. The van der Waals surface area contributed by atoms with Crippen molar-refractivity contribution >= 4 is 27.6 Å².